The Morgan fingerprint density at radius 3 is 2.46 bits per heavy atom. The van der Waals surface area contributed by atoms with Crippen LogP contribution in [-0.4, -0.2) is 18.9 Å². The first kappa shape index (κ1) is 18.5. The predicted molar refractivity (Wildman–Crippen MR) is 104 cm³/mol. The lowest BCUT2D eigenvalue weighted by atomic mass is 10.1. The molecular weight excluding hydrogens is 396 g/mol. The van der Waals surface area contributed by atoms with Crippen molar-refractivity contribution in [3.8, 4) is 5.75 Å². The number of hydrogen-bond acceptors (Lipinski definition) is 3. The average Bonchev–Trinajstić information content (AvgIpc) is 3.47. The molecule has 2 aromatic carbocycles. The van der Waals surface area contributed by atoms with Gasteiger partial charge in [0.05, 0.1) is 18.7 Å². The number of nitrogens with one attached hydrogen (secondary N) is 2. The zero-order valence-electron chi connectivity index (χ0n) is 14.7. The van der Waals surface area contributed by atoms with Crippen molar-refractivity contribution >= 4 is 33.4 Å². The van der Waals surface area contributed by atoms with Crippen LogP contribution in [0.4, 0.5) is 5.69 Å². The summed E-state index contributed by atoms with van der Waals surface area (Å²) in [6.07, 6.45) is 1.96. The third kappa shape index (κ3) is 4.43. The lowest BCUT2D eigenvalue weighted by Gasteiger charge is -2.16. The molecular formula is C20H21BrN2O3. The SMILES string of the molecule is COc1ccc(Br)c(C(=O)NC(C)c2ccc(NC(=O)C3CC3)cc2)c1. The minimum Gasteiger partial charge on any atom is -0.497 e. The molecule has 0 aliphatic heterocycles. The Labute approximate surface area is 161 Å². The van der Waals surface area contributed by atoms with E-state index in [-0.39, 0.29) is 23.8 Å². The normalized spacial score (nSPS) is 14.4. The van der Waals surface area contributed by atoms with Crippen LogP contribution in [0, 0.1) is 5.92 Å². The second kappa shape index (κ2) is 7.91. The van der Waals surface area contributed by atoms with E-state index in [0.29, 0.717) is 15.8 Å². The molecule has 0 saturated heterocycles. The summed E-state index contributed by atoms with van der Waals surface area (Å²) in [5, 5.41) is 5.89. The van der Waals surface area contributed by atoms with Gasteiger partial charge in [0.2, 0.25) is 5.91 Å². The van der Waals surface area contributed by atoms with Crippen molar-refractivity contribution in [2.45, 2.75) is 25.8 Å². The molecule has 2 amide bonds. The first-order valence-corrected chi connectivity index (χ1v) is 9.32. The average molecular weight is 417 g/mol. The lowest BCUT2D eigenvalue weighted by Crippen LogP contribution is -2.27. The van der Waals surface area contributed by atoms with E-state index in [0.717, 1.165) is 24.1 Å². The van der Waals surface area contributed by atoms with E-state index in [1.165, 1.54) is 0 Å². The summed E-state index contributed by atoms with van der Waals surface area (Å²) in [5.41, 5.74) is 2.26. The fourth-order valence-corrected chi connectivity index (χ4v) is 3.03. The molecule has 0 radical (unpaired) electrons. The first-order chi connectivity index (χ1) is 12.5. The zero-order valence-corrected chi connectivity index (χ0v) is 16.3. The maximum Gasteiger partial charge on any atom is 0.253 e. The van der Waals surface area contributed by atoms with Crippen LogP contribution in [0.3, 0.4) is 0 Å². The molecule has 0 bridgehead atoms. The Morgan fingerprint density at radius 2 is 1.85 bits per heavy atom. The van der Waals surface area contributed by atoms with Crippen molar-refractivity contribution in [1.29, 1.82) is 0 Å². The molecule has 1 fully saturated rings. The van der Waals surface area contributed by atoms with Gasteiger partial charge in [0.15, 0.2) is 0 Å². The number of carbonyl (C=O) groups excluding carboxylic acids is 2. The number of amides is 2. The summed E-state index contributed by atoms with van der Waals surface area (Å²) >= 11 is 3.40. The summed E-state index contributed by atoms with van der Waals surface area (Å²) in [5.74, 6) is 0.701. The van der Waals surface area contributed by atoms with Gasteiger partial charge in [-0.2, -0.15) is 0 Å². The van der Waals surface area contributed by atoms with Crippen molar-refractivity contribution in [3.63, 3.8) is 0 Å². The quantitative estimate of drug-likeness (QED) is 0.737. The standard InChI is InChI=1S/C20H21BrN2O3/c1-12(22-20(25)17-11-16(26-2)9-10-18(17)21)13-5-7-15(8-6-13)23-19(24)14-3-4-14/h5-12,14H,3-4H2,1-2H3,(H,22,25)(H,23,24). The van der Waals surface area contributed by atoms with E-state index < -0.39 is 0 Å². The Balaban J connectivity index is 1.64. The Kier molecular flexibility index (Phi) is 5.61. The number of methoxy groups -OCH3 is 1. The molecule has 1 saturated carbocycles. The fraction of sp³-hybridized carbons (Fsp3) is 0.300. The van der Waals surface area contributed by atoms with E-state index >= 15 is 0 Å². The summed E-state index contributed by atoms with van der Waals surface area (Å²) in [4.78, 5) is 24.4. The molecule has 136 valence electrons. The number of ether oxygens (including phenoxy) is 1. The van der Waals surface area contributed by atoms with E-state index in [1.807, 2.05) is 31.2 Å². The van der Waals surface area contributed by atoms with Gasteiger partial charge in [-0.25, -0.2) is 0 Å². The topological polar surface area (TPSA) is 67.4 Å². The highest BCUT2D eigenvalue weighted by Gasteiger charge is 2.29. The van der Waals surface area contributed by atoms with Crippen LogP contribution in [0.2, 0.25) is 0 Å². The van der Waals surface area contributed by atoms with Crippen LogP contribution < -0.4 is 15.4 Å². The smallest absolute Gasteiger partial charge is 0.253 e. The summed E-state index contributed by atoms with van der Waals surface area (Å²) < 4.78 is 5.89. The molecule has 0 heterocycles. The monoisotopic (exact) mass is 416 g/mol. The van der Waals surface area contributed by atoms with E-state index in [1.54, 1.807) is 25.3 Å². The molecule has 1 aliphatic carbocycles. The van der Waals surface area contributed by atoms with Gasteiger partial charge in [-0.3, -0.25) is 9.59 Å². The summed E-state index contributed by atoms with van der Waals surface area (Å²) in [6, 6.07) is 12.6. The maximum atomic E-state index is 12.6. The first-order valence-electron chi connectivity index (χ1n) is 8.53. The second-order valence-electron chi connectivity index (χ2n) is 6.43. The molecule has 1 unspecified atom stereocenters. The van der Waals surface area contributed by atoms with Gasteiger partial charge in [-0.05, 0) is 71.6 Å². The molecule has 1 aliphatic rings. The minimum absolute atomic E-state index is 0.0852. The van der Waals surface area contributed by atoms with Gasteiger partial charge in [-0.1, -0.05) is 12.1 Å². The Morgan fingerprint density at radius 1 is 1.15 bits per heavy atom. The van der Waals surface area contributed by atoms with Crippen LogP contribution in [0.1, 0.15) is 41.7 Å². The number of hydrogen-bond donors (Lipinski definition) is 2. The minimum atomic E-state index is -0.186. The highest BCUT2D eigenvalue weighted by atomic mass is 79.9. The largest absolute Gasteiger partial charge is 0.497 e. The van der Waals surface area contributed by atoms with Crippen LogP contribution in [-0.2, 0) is 4.79 Å². The van der Waals surface area contributed by atoms with Crippen LogP contribution in [0.25, 0.3) is 0 Å². The fourth-order valence-electron chi connectivity index (χ4n) is 2.61. The molecule has 2 N–H and O–H groups in total. The molecule has 3 rings (SSSR count). The lowest BCUT2D eigenvalue weighted by molar-refractivity contribution is -0.117. The highest BCUT2D eigenvalue weighted by molar-refractivity contribution is 9.10. The predicted octanol–water partition coefficient (Wildman–Crippen LogP) is 4.30. The number of anilines is 1. The summed E-state index contributed by atoms with van der Waals surface area (Å²) in [7, 11) is 1.57. The van der Waals surface area contributed by atoms with Crippen LogP contribution in [0.15, 0.2) is 46.9 Å². The molecule has 0 spiro atoms. The highest BCUT2D eigenvalue weighted by Crippen LogP contribution is 2.30. The Hall–Kier alpha value is -2.34. The van der Waals surface area contributed by atoms with Crippen molar-refractivity contribution in [1.82, 2.24) is 5.32 Å². The van der Waals surface area contributed by atoms with E-state index in [2.05, 4.69) is 26.6 Å². The molecule has 5 nitrogen and oxygen atoms in total. The molecule has 0 aromatic heterocycles. The molecule has 26 heavy (non-hydrogen) atoms. The Bertz CT molecular complexity index is 816. The zero-order chi connectivity index (χ0) is 18.7. The van der Waals surface area contributed by atoms with E-state index in [9.17, 15) is 9.59 Å². The van der Waals surface area contributed by atoms with E-state index in [4.69, 9.17) is 4.74 Å². The van der Waals surface area contributed by atoms with Crippen LogP contribution >= 0.6 is 15.9 Å². The van der Waals surface area contributed by atoms with Crippen molar-refractivity contribution in [3.05, 3.63) is 58.1 Å². The van der Waals surface area contributed by atoms with Crippen LogP contribution in [0.5, 0.6) is 5.75 Å². The van der Waals surface area contributed by atoms with Gasteiger partial charge in [0, 0.05) is 16.1 Å². The van der Waals surface area contributed by atoms with Gasteiger partial charge in [0.1, 0.15) is 5.75 Å². The molecule has 1 atom stereocenters. The number of carbonyl (C=O) groups is 2. The third-order valence-corrected chi connectivity index (χ3v) is 5.08. The van der Waals surface area contributed by atoms with Gasteiger partial charge in [0.25, 0.3) is 5.91 Å². The third-order valence-electron chi connectivity index (χ3n) is 4.39. The second-order valence-corrected chi connectivity index (χ2v) is 7.28. The number of benzene rings is 2. The number of halogens is 1. The maximum absolute atomic E-state index is 12.6. The molecule has 6 heteroatoms. The van der Waals surface area contributed by atoms with Gasteiger partial charge < -0.3 is 15.4 Å². The summed E-state index contributed by atoms with van der Waals surface area (Å²) in [6.45, 7) is 1.92. The molecule has 2 aromatic rings. The number of rotatable bonds is 6. The van der Waals surface area contributed by atoms with Crippen molar-refractivity contribution in [2.24, 2.45) is 5.92 Å². The van der Waals surface area contributed by atoms with Crippen molar-refractivity contribution in [2.75, 3.05) is 12.4 Å². The van der Waals surface area contributed by atoms with Gasteiger partial charge in [-0.15, -0.1) is 0 Å². The van der Waals surface area contributed by atoms with Gasteiger partial charge >= 0.3 is 0 Å². The van der Waals surface area contributed by atoms with Crippen molar-refractivity contribution < 1.29 is 14.3 Å².